The fraction of sp³-hybridized carbons (Fsp3) is 0.500. The zero-order valence-electron chi connectivity index (χ0n) is 11.8. The van der Waals surface area contributed by atoms with Crippen molar-refractivity contribution >= 4 is 17.3 Å². The summed E-state index contributed by atoms with van der Waals surface area (Å²) in [5.74, 6) is 0.285. The number of methoxy groups -OCH3 is 1. The molecule has 1 aromatic carbocycles. The molecule has 0 saturated carbocycles. The number of nitrogen functional groups attached to an aromatic ring is 1. The summed E-state index contributed by atoms with van der Waals surface area (Å²) in [6, 6.07) is 5.25. The minimum atomic E-state index is -0.0875. The van der Waals surface area contributed by atoms with Gasteiger partial charge in [-0.2, -0.15) is 0 Å². The highest BCUT2D eigenvalue weighted by molar-refractivity contribution is 5.96. The fourth-order valence-electron chi connectivity index (χ4n) is 1.74. The first-order valence-corrected chi connectivity index (χ1v) is 6.49. The number of amides is 1. The summed E-state index contributed by atoms with van der Waals surface area (Å²) >= 11 is 0. The number of rotatable bonds is 7. The molecule has 0 aromatic heterocycles. The van der Waals surface area contributed by atoms with Crippen LogP contribution < -0.4 is 16.4 Å². The lowest BCUT2D eigenvalue weighted by Crippen LogP contribution is -2.23. The van der Waals surface area contributed by atoms with Crippen LogP contribution in [0.25, 0.3) is 0 Å². The predicted molar refractivity (Wildman–Crippen MR) is 78.4 cm³/mol. The molecule has 0 aliphatic rings. The first-order valence-electron chi connectivity index (χ1n) is 6.49. The third-order valence-electron chi connectivity index (χ3n) is 2.74. The van der Waals surface area contributed by atoms with Gasteiger partial charge in [-0.05, 0) is 31.0 Å². The molecular weight excluding hydrogens is 242 g/mol. The molecule has 1 rings (SSSR count). The largest absolute Gasteiger partial charge is 0.397 e. The van der Waals surface area contributed by atoms with Gasteiger partial charge in [0.25, 0.3) is 5.91 Å². The van der Waals surface area contributed by atoms with Gasteiger partial charge in [0.15, 0.2) is 0 Å². The molecule has 0 saturated heterocycles. The van der Waals surface area contributed by atoms with E-state index in [4.69, 9.17) is 10.5 Å². The Labute approximate surface area is 114 Å². The summed E-state index contributed by atoms with van der Waals surface area (Å²) in [6.07, 6.45) is 0. The Kier molecular flexibility index (Phi) is 6.15. The predicted octanol–water partition coefficient (Wildman–Crippen LogP) is 1.71. The monoisotopic (exact) mass is 265 g/mol. The number of nitrogens with one attached hydrogen (secondary N) is 2. The molecule has 0 spiro atoms. The number of hydrogen-bond acceptors (Lipinski definition) is 4. The van der Waals surface area contributed by atoms with E-state index in [1.165, 1.54) is 0 Å². The standard InChI is InChI=1S/C14H23N3O2/c1-4-16-14(18)11-5-6-12(15)13(7-11)17-8-10(2)9-19-3/h5-7,10,17H,4,8-9,15H2,1-3H3,(H,16,18). The van der Waals surface area contributed by atoms with Crippen molar-refractivity contribution in [3.8, 4) is 0 Å². The molecule has 4 N–H and O–H groups in total. The molecule has 0 aliphatic carbocycles. The summed E-state index contributed by atoms with van der Waals surface area (Å²) in [7, 11) is 1.68. The van der Waals surface area contributed by atoms with Crippen molar-refractivity contribution in [3.63, 3.8) is 0 Å². The second kappa shape index (κ2) is 7.63. The minimum absolute atomic E-state index is 0.0875. The van der Waals surface area contributed by atoms with Crippen LogP contribution >= 0.6 is 0 Å². The van der Waals surface area contributed by atoms with E-state index in [0.717, 1.165) is 12.2 Å². The lowest BCUT2D eigenvalue weighted by Gasteiger charge is -2.15. The second-order valence-corrected chi connectivity index (χ2v) is 4.60. The van der Waals surface area contributed by atoms with Gasteiger partial charge < -0.3 is 21.1 Å². The van der Waals surface area contributed by atoms with Crippen molar-refractivity contribution in [2.75, 3.05) is 37.9 Å². The number of hydrogen-bond donors (Lipinski definition) is 3. The van der Waals surface area contributed by atoms with Crippen LogP contribution in [-0.2, 0) is 4.74 Å². The minimum Gasteiger partial charge on any atom is -0.397 e. The van der Waals surface area contributed by atoms with Crippen LogP contribution in [0.5, 0.6) is 0 Å². The van der Waals surface area contributed by atoms with Crippen molar-refractivity contribution in [1.82, 2.24) is 5.32 Å². The normalized spacial score (nSPS) is 11.9. The molecule has 19 heavy (non-hydrogen) atoms. The smallest absolute Gasteiger partial charge is 0.251 e. The van der Waals surface area contributed by atoms with E-state index in [2.05, 4.69) is 17.6 Å². The Morgan fingerprint density at radius 2 is 2.21 bits per heavy atom. The van der Waals surface area contributed by atoms with Crippen LogP contribution in [0.15, 0.2) is 18.2 Å². The summed E-state index contributed by atoms with van der Waals surface area (Å²) in [5.41, 5.74) is 7.93. The summed E-state index contributed by atoms with van der Waals surface area (Å²) < 4.78 is 5.08. The Hall–Kier alpha value is -1.75. The molecule has 0 radical (unpaired) electrons. The van der Waals surface area contributed by atoms with E-state index in [-0.39, 0.29) is 5.91 Å². The highest BCUT2D eigenvalue weighted by Crippen LogP contribution is 2.20. The second-order valence-electron chi connectivity index (χ2n) is 4.60. The number of carbonyl (C=O) groups is 1. The average molecular weight is 265 g/mol. The van der Waals surface area contributed by atoms with E-state index in [0.29, 0.717) is 30.3 Å². The van der Waals surface area contributed by atoms with Gasteiger partial charge in [-0.15, -0.1) is 0 Å². The van der Waals surface area contributed by atoms with Gasteiger partial charge in [-0.3, -0.25) is 4.79 Å². The van der Waals surface area contributed by atoms with Gasteiger partial charge in [0.05, 0.1) is 18.0 Å². The van der Waals surface area contributed by atoms with Crippen LogP contribution in [-0.4, -0.2) is 32.7 Å². The van der Waals surface area contributed by atoms with Crippen molar-refractivity contribution in [2.45, 2.75) is 13.8 Å². The lowest BCUT2D eigenvalue weighted by molar-refractivity contribution is 0.0956. The molecule has 106 valence electrons. The molecule has 0 aliphatic heterocycles. The third kappa shape index (κ3) is 4.79. The highest BCUT2D eigenvalue weighted by atomic mass is 16.5. The van der Waals surface area contributed by atoms with E-state index >= 15 is 0 Å². The maximum atomic E-state index is 11.7. The maximum absolute atomic E-state index is 11.7. The molecule has 1 amide bonds. The molecule has 5 nitrogen and oxygen atoms in total. The summed E-state index contributed by atoms with van der Waals surface area (Å²) in [6.45, 7) is 6.01. The first kappa shape index (κ1) is 15.3. The molecular formula is C14H23N3O2. The van der Waals surface area contributed by atoms with Crippen LogP contribution in [0, 0.1) is 5.92 Å². The Bertz CT molecular complexity index is 421. The maximum Gasteiger partial charge on any atom is 0.251 e. The number of benzene rings is 1. The van der Waals surface area contributed by atoms with Crippen molar-refractivity contribution in [1.29, 1.82) is 0 Å². The van der Waals surface area contributed by atoms with Crippen LogP contribution in [0.2, 0.25) is 0 Å². The molecule has 1 unspecified atom stereocenters. The van der Waals surface area contributed by atoms with E-state index in [1.807, 2.05) is 6.92 Å². The van der Waals surface area contributed by atoms with E-state index < -0.39 is 0 Å². The number of nitrogens with two attached hydrogens (primary N) is 1. The molecule has 1 atom stereocenters. The quantitative estimate of drug-likeness (QED) is 0.656. The van der Waals surface area contributed by atoms with Gasteiger partial charge in [0, 0.05) is 25.8 Å². The van der Waals surface area contributed by atoms with Crippen molar-refractivity contribution in [3.05, 3.63) is 23.8 Å². The fourth-order valence-corrected chi connectivity index (χ4v) is 1.74. The summed E-state index contributed by atoms with van der Waals surface area (Å²) in [5, 5.41) is 6.02. The SMILES string of the molecule is CCNC(=O)c1ccc(N)c(NCC(C)COC)c1. The Morgan fingerprint density at radius 1 is 1.47 bits per heavy atom. The summed E-state index contributed by atoms with van der Waals surface area (Å²) in [4.78, 5) is 11.7. The van der Waals surface area contributed by atoms with E-state index in [1.54, 1.807) is 25.3 Å². The topological polar surface area (TPSA) is 76.4 Å². The van der Waals surface area contributed by atoms with E-state index in [9.17, 15) is 4.79 Å². The van der Waals surface area contributed by atoms with Gasteiger partial charge >= 0.3 is 0 Å². The average Bonchev–Trinajstić information content (AvgIpc) is 2.38. The number of carbonyl (C=O) groups excluding carboxylic acids is 1. The number of ether oxygens (including phenoxy) is 1. The zero-order chi connectivity index (χ0) is 14.3. The Morgan fingerprint density at radius 3 is 2.84 bits per heavy atom. The van der Waals surface area contributed by atoms with Crippen molar-refractivity contribution in [2.24, 2.45) is 5.92 Å². The van der Waals surface area contributed by atoms with Crippen molar-refractivity contribution < 1.29 is 9.53 Å². The van der Waals surface area contributed by atoms with Crippen LogP contribution in [0.4, 0.5) is 11.4 Å². The first-order chi connectivity index (χ1) is 9.08. The lowest BCUT2D eigenvalue weighted by atomic mass is 10.1. The Balaban J connectivity index is 2.71. The molecule has 0 fully saturated rings. The number of anilines is 2. The molecule has 0 bridgehead atoms. The third-order valence-corrected chi connectivity index (χ3v) is 2.74. The molecule has 5 heteroatoms. The van der Waals surface area contributed by atoms with Crippen LogP contribution in [0.1, 0.15) is 24.2 Å². The van der Waals surface area contributed by atoms with Gasteiger partial charge in [0.2, 0.25) is 0 Å². The van der Waals surface area contributed by atoms with Gasteiger partial charge in [0.1, 0.15) is 0 Å². The molecule has 1 aromatic rings. The zero-order valence-corrected chi connectivity index (χ0v) is 11.8. The highest BCUT2D eigenvalue weighted by Gasteiger charge is 2.08. The molecule has 0 heterocycles. The van der Waals surface area contributed by atoms with Gasteiger partial charge in [-0.1, -0.05) is 6.92 Å². The van der Waals surface area contributed by atoms with Crippen LogP contribution in [0.3, 0.4) is 0 Å². The van der Waals surface area contributed by atoms with Gasteiger partial charge in [-0.25, -0.2) is 0 Å².